The van der Waals surface area contributed by atoms with Gasteiger partial charge in [-0.2, -0.15) is 0 Å². The monoisotopic (exact) mass is 415 g/mol. The standard InChI is InChI=1S/C20H25N5O5/c1-2-28-19(26)17-15(21-20(27)22-18(17)16-4-3-10-29-16)13-25-8-6-24(7-9-25)12-14-5-11-30-23-14/h3-5,10-11,18H,2,6-9,12-13H2,1H3,(H2,21,22,27). The lowest BCUT2D eigenvalue weighted by Crippen LogP contribution is -2.51. The molecule has 0 spiro atoms. The Morgan fingerprint density at radius 3 is 2.60 bits per heavy atom. The average Bonchev–Trinajstić information content (AvgIpc) is 3.43. The maximum atomic E-state index is 12.7. The number of urea groups is 1. The summed E-state index contributed by atoms with van der Waals surface area (Å²) >= 11 is 0. The number of carbonyl (C=O) groups is 2. The molecule has 4 rings (SSSR count). The summed E-state index contributed by atoms with van der Waals surface area (Å²) in [5, 5.41) is 9.52. The van der Waals surface area contributed by atoms with E-state index in [-0.39, 0.29) is 12.6 Å². The Labute approximate surface area is 173 Å². The lowest BCUT2D eigenvalue weighted by Gasteiger charge is -2.36. The molecule has 2 N–H and O–H groups in total. The Hall–Kier alpha value is -3.11. The molecule has 1 saturated heterocycles. The Bertz CT molecular complexity index is 885. The van der Waals surface area contributed by atoms with Gasteiger partial charge >= 0.3 is 12.0 Å². The Morgan fingerprint density at radius 1 is 1.20 bits per heavy atom. The van der Waals surface area contributed by atoms with E-state index >= 15 is 0 Å². The van der Waals surface area contributed by atoms with Crippen molar-refractivity contribution in [2.75, 3.05) is 39.3 Å². The van der Waals surface area contributed by atoms with Gasteiger partial charge in [0, 0.05) is 51.0 Å². The second-order valence-corrected chi connectivity index (χ2v) is 7.20. The van der Waals surface area contributed by atoms with Gasteiger partial charge in [-0.05, 0) is 19.1 Å². The summed E-state index contributed by atoms with van der Waals surface area (Å²) < 4.78 is 15.6. The largest absolute Gasteiger partial charge is 0.467 e. The fraction of sp³-hybridized carbons (Fsp3) is 0.450. The van der Waals surface area contributed by atoms with Gasteiger partial charge in [-0.25, -0.2) is 9.59 Å². The van der Waals surface area contributed by atoms with Gasteiger partial charge in [0.05, 0.1) is 24.1 Å². The van der Waals surface area contributed by atoms with Gasteiger partial charge in [-0.3, -0.25) is 9.80 Å². The number of hydrogen-bond acceptors (Lipinski definition) is 8. The van der Waals surface area contributed by atoms with E-state index in [1.54, 1.807) is 25.3 Å². The van der Waals surface area contributed by atoms with Crippen molar-refractivity contribution in [3.8, 4) is 0 Å². The number of rotatable bonds is 7. The highest BCUT2D eigenvalue weighted by Gasteiger charge is 2.36. The van der Waals surface area contributed by atoms with Crippen molar-refractivity contribution in [2.45, 2.75) is 19.5 Å². The van der Waals surface area contributed by atoms with Crippen LogP contribution in [-0.4, -0.2) is 66.3 Å². The van der Waals surface area contributed by atoms with Gasteiger partial charge in [0.15, 0.2) is 0 Å². The van der Waals surface area contributed by atoms with Crippen LogP contribution in [0.3, 0.4) is 0 Å². The lowest BCUT2D eigenvalue weighted by atomic mass is 9.99. The summed E-state index contributed by atoms with van der Waals surface area (Å²) in [7, 11) is 0. The van der Waals surface area contributed by atoms with Crippen molar-refractivity contribution >= 4 is 12.0 Å². The second-order valence-electron chi connectivity index (χ2n) is 7.20. The van der Waals surface area contributed by atoms with Gasteiger partial charge < -0.3 is 24.3 Å². The zero-order valence-electron chi connectivity index (χ0n) is 16.8. The maximum absolute atomic E-state index is 12.7. The van der Waals surface area contributed by atoms with Gasteiger partial charge in [-0.15, -0.1) is 0 Å². The van der Waals surface area contributed by atoms with E-state index in [0.717, 1.165) is 38.4 Å². The molecule has 0 saturated carbocycles. The van der Waals surface area contributed by atoms with E-state index in [1.165, 1.54) is 6.26 Å². The predicted octanol–water partition coefficient (Wildman–Crippen LogP) is 1.26. The molecule has 10 heteroatoms. The fourth-order valence-corrected chi connectivity index (χ4v) is 3.74. The quantitative estimate of drug-likeness (QED) is 0.650. The van der Waals surface area contributed by atoms with Crippen LogP contribution in [0.5, 0.6) is 0 Å². The zero-order valence-corrected chi connectivity index (χ0v) is 16.8. The third kappa shape index (κ3) is 4.55. The number of hydrogen-bond donors (Lipinski definition) is 2. The molecule has 2 aromatic heterocycles. The van der Waals surface area contributed by atoms with Gasteiger partial charge in [0.1, 0.15) is 18.1 Å². The number of furan rings is 1. The Balaban J connectivity index is 1.48. The topological polar surface area (TPSA) is 113 Å². The molecule has 2 aliphatic heterocycles. The van der Waals surface area contributed by atoms with Crippen LogP contribution in [0, 0.1) is 0 Å². The van der Waals surface area contributed by atoms with E-state index < -0.39 is 12.0 Å². The SMILES string of the molecule is CCOC(=O)C1=C(CN2CCN(Cc3ccon3)CC2)NC(=O)NC1c1ccco1. The molecule has 0 aliphatic carbocycles. The minimum atomic E-state index is -0.684. The van der Waals surface area contributed by atoms with Crippen molar-refractivity contribution < 1.29 is 23.3 Å². The van der Waals surface area contributed by atoms with Crippen molar-refractivity contribution in [2.24, 2.45) is 0 Å². The molecule has 1 unspecified atom stereocenters. The maximum Gasteiger partial charge on any atom is 0.338 e. The van der Waals surface area contributed by atoms with Gasteiger partial charge in [-0.1, -0.05) is 5.16 Å². The molecule has 1 fully saturated rings. The van der Waals surface area contributed by atoms with Crippen LogP contribution in [0.1, 0.15) is 24.4 Å². The predicted molar refractivity (Wildman–Crippen MR) is 105 cm³/mol. The van der Waals surface area contributed by atoms with Crippen LogP contribution >= 0.6 is 0 Å². The highest BCUT2D eigenvalue weighted by molar-refractivity contribution is 5.95. The first-order valence-corrected chi connectivity index (χ1v) is 9.99. The molecule has 0 bridgehead atoms. The molecule has 2 amide bonds. The van der Waals surface area contributed by atoms with Crippen LogP contribution in [0.2, 0.25) is 0 Å². The number of piperazine rings is 1. The first kappa shape index (κ1) is 20.2. The van der Waals surface area contributed by atoms with Crippen molar-refractivity contribution in [3.05, 3.63) is 53.4 Å². The molecule has 10 nitrogen and oxygen atoms in total. The summed E-state index contributed by atoms with van der Waals surface area (Å²) in [5.74, 6) is 0.0221. The number of esters is 1. The number of carbonyl (C=O) groups excluding carboxylic acids is 2. The molecule has 4 heterocycles. The summed E-state index contributed by atoms with van der Waals surface area (Å²) in [6, 6.07) is 4.26. The van der Waals surface area contributed by atoms with E-state index in [0.29, 0.717) is 23.6 Å². The summed E-state index contributed by atoms with van der Waals surface area (Å²) in [5.41, 5.74) is 1.82. The lowest BCUT2D eigenvalue weighted by molar-refractivity contribution is -0.139. The highest BCUT2D eigenvalue weighted by atomic mass is 16.5. The average molecular weight is 415 g/mol. The van der Waals surface area contributed by atoms with E-state index in [1.807, 2.05) is 6.07 Å². The minimum Gasteiger partial charge on any atom is -0.467 e. The molecular formula is C20H25N5O5. The molecule has 2 aliphatic rings. The van der Waals surface area contributed by atoms with E-state index in [4.69, 9.17) is 13.7 Å². The zero-order chi connectivity index (χ0) is 20.9. The number of ether oxygens (including phenoxy) is 1. The van der Waals surface area contributed by atoms with Gasteiger partial charge in [0.25, 0.3) is 0 Å². The Morgan fingerprint density at radius 2 is 1.97 bits per heavy atom. The van der Waals surface area contributed by atoms with Crippen molar-refractivity contribution in [1.29, 1.82) is 0 Å². The first-order chi connectivity index (χ1) is 14.6. The van der Waals surface area contributed by atoms with Crippen molar-refractivity contribution in [1.82, 2.24) is 25.6 Å². The number of aromatic nitrogens is 1. The van der Waals surface area contributed by atoms with Crippen LogP contribution in [0.15, 0.2) is 50.9 Å². The first-order valence-electron chi connectivity index (χ1n) is 9.99. The number of nitrogens with one attached hydrogen (secondary N) is 2. The van der Waals surface area contributed by atoms with Crippen LogP contribution in [0.25, 0.3) is 0 Å². The van der Waals surface area contributed by atoms with Crippen LogP contribution < -0.4 is 10.6 Å². The molecule has 160 valence electrons. The van der Waals surface area contributed by atoms with E-state index in [9.17, 15) is 9.59 Å². The second kappa shape index (κ2) is 9.14. The van der Waals surface area contributed by atoms with Crippen LogP contribution in [-0.2, 0) is 16.1 Å². The van der Waals surface area contributed by atoms with Crippen LogP contribution in [0.4, 0.5) is 4.79 Å². The molecular weight excluding hydrogens is 390 g/mol. The minimum absolute atomic E-state index is 0.245. The highest BCUT2D eigenvalue weighted by Crippen LogP contribution is 2.28. The Kier molecular flexibility index (Phi) is 6.15. The number of amides is 2. The summed E-state index contributed by atoms with van der Waals surface area (Å²) in [6.07, 6.45) is 3.09. The van der Waals surface area contributed by atoms with E-state index in [2.05, 4.69) is 25.6 Å². The molecule has 0 aromatic carbocycles. The fourth-order valence-electron chi connectivity index (χ4n) is 3.74. The summed E-state index contributed by atoms with van der Waals surface area (Å²) in [4.78, 5) is 29.5. The third-order valence-corrected chi connectivity index (χ3v) is 5.20. The molecule has 0 radical (unpaired) electrons. The third-order valence-electron chi connectivity index (χ3n) is 5.20. The van der Waals surface area contributed by atoms with Gasteiger partial charge in [0.2, 0.25) is 0 Å². The van der Waals surface area contributed by atoms with Crippen molar-refractivity contribution in [3.63, 3.8) is 0 Å². The molecule has 1 atom stereocenters. The number of nitrogens with zero attached hydrogens (tertiary/aromatic N) is 3. The summed E-state index contributed by atoms with van der Waals surface area (Å²) in [6.45, 7) is 6.47. The molecule has 30 heavy (non-hydrogen) atoms. The smallest absolute Gasteiger partial charge is 0.338 e. The normalized spacial score (nSPS) is 20.7. The molecule has 2 aromatic rings.